The Kier molecular flexibility index (Phi) is 4.22. The van der Waals surface area contributed by atoms with Crippen LogP contribution in [-0.4, -0.2) is 36.1 Å². The summed E-state index contributed by atoms with van der Waals surface area (Å²) in [6, 6.07) is 1.34. The van der Waals surface area contributed by atoms with Crippen LogP contribution in [-0.2, 0) is 6.18 Å². The minimum atomic E-state index is -4.38. The van der Waals surface area contributed by atoms with E-state index < -0.39 is 11.7 Å². The van der Waals surface area contributed by atoms with Gasteiger partial charge in [-0.2, -0.15) is 13.2 Å². The third-order valence-electron chi connectivity index (χ3n) is 3.81. The number of aromatic nitrogens is 1. The zero-order valence-corrected chi connectivity index (χ0v) is 11.9. The molecule has 1 fully saturated rings. The van der Waals surface area contributed by atoms with Crippen molar-refractivity contribution >= 4 is 0 Å². The fourth-order valence-corrected chi connectivity index (χ4v) is 2.64. The Morgan fingerprint density at radius 3 is 2.60 bits per heavy atom. The molecule has 1 atom stereocenters. The first-order valence-corrected chi connectivity index (χ1v) is 6.68. The molecule has 1 aliphatic rings. The number of hydrogen-bond acceptors (Lipinski definition) is 3. The summed E-state index contributed by atoms with van der Waals surface area (Å²) in [5.74, 6) is -0.118. The molecular formula is C14H19F3N2O. The van der Waals surface area contributed by atoms with Crippen LogP contribution in [0.25, 0.3) is 0 Å². The molecule has 2 heterocycles. The third kappa shape index (κ3) is 3.06. The van der Waals surface area contributed by atoms with Crippen molar-refractivity contribution in [1.29, 1.82) is 0 Å². The van der Waals surface area contributed by atoms with E-state index in [0.717, 1.165) is 19.0 Å². The summed E-state index contributed by atoms with van der Waals surface area (Å²) in [4.78, 5) is 6.13. The Morgan fingerprint density at radius 2 is 2.10 bits per heavy atom. The lowest BCUT2D eigenvalue weighted by atomic mass is 9.95. The topological polar surface area (TPSA) is 25.4 Å². The first-order chi connectivity index (χ1) is 9.32. The van der Waals surface area contributed by atoms with Crippen LogP contribution in [0.4, 0.5) is 13.2 Å². The average Bonchev–Trinajstić information content (AvgIpc) is 2.86. The van der Waals surface area contributed by atoms with Crippen molar-refractivity contribution in [2.24, 2.45) is 0 Å². The van der Waals surface area contributed by atoms with Gasteiger partial charge in [-0.15, -0.1) is 0 Å². The van der Waals surface area contributed by atoms with Gasteiger partial charge in [-0.25, -0.2) is 4.98 Å². The highest BCUT2D eigenvalue weighted by Gasteiger charge is 2.38. The smallest absolute Gasteiger partial charge is 0.416 e. The van der Waals surface area contributed by atoms with Gasteiger partial charge in [-0.1, -0.05) is 0 Å². The molecule has 20 heavy (non-hydrogen) atoms. The molecule has 1 aromatic heterocycles. The van der Waals surface area contributed by atoms with Gasteiger partial charge >= 0.3 is 6.18 Å². The molecule has 6 heteroatoms. The molecule has 0 N–H and O–H groups in total. The van der Waals surface area contributed by atoms with Crippen LogP contribution < -0.4 is 4.74 Å². The summed E-state index contributed by atoms with van der Waals surface area (Å²) in [6.45, 7) is 5.58. The Labute approximate surface area is 116 Å². The zero-order valence-electron chi connectivity index (χ0n) is 11.9. The number of likely N-dealkylation sites (tertiary alicyclic amines) is 1. The maximum Gasteiger partial charge on any atom is 0.416 e. The van der Waals surface area contributed by atoms with Gasteiger partial charge in [0.1, 0.15) is 0 Å². The summed E-state index contributed by atoms with van der Waals surface area (Å²) in [5, 5.41) is 0. The van der Waals surface area contributed by atoms with Crippen LogP contribution in [0.5, 0.6) is 5.88 Å². The molecule has 1 unspecified atom stereocenters. The van der Waals surface area contributed by atoms with Crippen molar-refractivity contribution in [3.05, 3.63) is 23.4 Å². The van der Waals surface area contributed by atoms with E-state index in [1.807, 2.05) is 0 Å². The van der Waals surface area contributed by atoms with Crippen LogP contribution in [0.2, 0.25) is 0 Å². The third-order valence-corrected chi connectivity index (χ3v) is 3.81. The maximum absolute atomic E-state index is 13.2. The van der Waals surface area contributed by atoms with E-state index in [0.29, 0.717) is 12.6 Å². The first-order valence-electron chi connectivity index (χ1n) is 6.68. The first kappa shape index (κ1) is 15.1. The second kappa shape index (κ2) is 5.60. The quantitative estimate of drug-likeness (QED) is 0.853. The fourth-order valence-electron chi connectivity index (χ4n) is 2.64. The van der Waals surface area contributed by atoms with Crippen molar-refractivity contribution in [3.8, 4) is 5.88 Å². The van der Waals surface area contributed by atoms with Crippen LogP contribution >= 0.6 is 0 Å². The summed E-state index contributed by atoms with van der Waals surface area (Å²) in [7, 11) is 1.32. The molecule has 0 saturated carbocycles. The van der Waals surface area contributed by atoms with Gasteiger partial charge in [0.25, 0.3) is 0 Å². The molecular weight excluding hydrogens is 269 g/mol. The number of rotatable bonds is 3. The van der Waals surface area contributed by atoms with E-state index in [1.54, 1.807) is 0 Å². The lowest BCUT2D eigenvalue weighted by Gasteiger charge is -2.21. The van der Waals surface area contributed by atoms with Gasteiger partial charge in [0, 0.05) is 24.8 Å². The Balaban J connectivity index is 2.32. The molecule has 0 amide bonds. The number of nitrogens with zero attached hydrogens (tertiary/aromatic N) is 2. The van der Waals surface area contributed by atoms with Crippen molar-refractivity contribution in [1.82, 2.24) is 9.88 Å². The van der Waals surface area contributed by atoms with Crippen molar-refractivity contribution in [2.45, 2.75) is 38.4 Å². The lowest BCUT2D eigenvalue weighted by Crippen LogP contribution is -2.28. The van der Waals surface area contributed by atoms with Crippen LogP contribution in [0.15, 0.2) is 12.3 Å². The molecule has 2 rings (SSSR count). The standard InChI is InChI=1S/C14H19F3N2O/c1-9(2)19-5-4-10(8-19)11-7-18-13(20-3)6-12(11)14(15,16)17/h6-7,9-10H,4-5,8H2,1-3H3. The van der Waals surface area contributed by atoms with Gasteiger partial charge in [0.2, 0.25) is 5.88 Å². The second-order valence-corrected chi connectivity index (χ2v) is 5.39. The zero-order chi connectivity index (χ0) is 14.9. The molecule has 0 radical (unpaired) electrons. The fraction of sp³-hybridized carbons (Fsp3) is 0.643. The number of hydrogen-bond donors (Lipinski definition) is 0. The van der Waals surface area contributed by atoms with E-state index in [-0.39, 0.29) is 17.4 Å². The Hall–Kier alpha value is -1.30. The molecule has 0 aromatic carbocycles. The molecule has 3 nitrogen and oxygen atoms in total. The lowest BCUT2D eigenvalue weighted by molar-refractivity contribution is -0.138. The second-order valence-electron chi connectivity index (χ2n) is 5.39. The van der Waals surface area contributed by atoms with Gasteiger partial charge in [0.05, 0.1) is 12.7 Å². The summed E-state index contributed by atoms with van der Waals surface area (Å²) in [5.41, 5.74) is -0.346. The molecule has 1 aliphatic heterocycles. The molecule has 0 aliphatic carbocycles. The Morgan fingerprint density at radius 1 is 1.40 bits per heavy atom. The number of methoxy groups -OCH3 is 1. The number of ether oxygens (including phenoxy) is 1. The molecule has 0 spiro atoms. The highest BCUT2D eigenvalue weighted by molar-refractivity contribution is 5.35. The van der Waals surface area contributed by atoms with Crippen LogP contribution in [0, 0.1) is 0 Å². The summed E-state index contributed by atoms with van der Waals surface area (Å²) in [6.07, 6.45) is -2.33. The van der Waals surface area contributed by atoms with E-state index in [2.05, 4.69) is 23.7 Å². The normalized spacial score (nSPS) is 20.6. The van der Waals surface area contributed by atoms with Crippen molar-refractivity contribution < 1.29 is 17.9 Å². The molecule has 1 saturated heterocycles. The predicted molar refractivity (Wildman–Crippen MR) is 69.9 cm³/mol. The predicted octanol–water partition coefficient (Wildman–Crippen LogP) is 3.31. The van der Waals surface area contributed by atoms with Crippen molar-refractivity contribution in [2.75, 3.05) is 20.2 Å². The number of alkyl halides is 3. The Bertz CT molecular complexity index is 474. The summed E-state index contributed by atoms with van der Waals surface area (Å²) < 4.78 is 44.3. The van der Waals surface area contributed by atoms with E-state index in [9.17, 15) is 13.2 Å². The maximum atomic E-state index is 13.2. The van der Waals surface area contributed by atoms with Crippen LogP contribution in [0.3, 0.4) is 0 Å². The highest BCUT2D eigenvalue weighted by Crippen LogP contribution is 2.39. The molecule has 112 valence electrons. The SMILES string of the molecule is COc1cc(C(F)(F)F)c(C2CCN(C(C)C)C2)cn1. The number of pyridine rings is 1. The van der Waals surface area contributed by atoms with Gasteiger partial charge in [0.15, 0.2) is 0 Å². The average molecular weight is 288 g/mol. The largest absolute Gasteiger partial charge is 0.481 e. The highest BCUT2D eigenvalue weighted by atomic mass is 19.4. The monoisotopic (exact) mass is 288 g/mol. The molecule has 1 aromatic rings. The van der Waals surface area contributed by atoms with Crippen LogP contribution in [0.1, 0.15) is 37.3 Å². The summed E-state index contributed by atoms with van der Waals surface area (Å²) >= 11 is 0. The van der Waals surface area contributed by atoms with E-state index in [1.165, 1.54) is 13.3 Å². The van der Waals surface area contributed by atoms with Gasteiger partial charge in [-0.05, 0) is 38.3 Å². The minimum absolute atomic E-state index is 0.000197. The van der Waals surface area contributed by atoms with Crippen molar-refractivity contribution in [3.63, 3.8) is 0 Å². The van der Waals surface area contributed by atoms with E-state index in [4.69, 9.17) is 4.74 Å². The van der Waals surface area contributed by atoms with Gasteiger partial charge in [-0.3, -0.25) is 0 Å². The van der Waals surface area contributed by atoms with Gasteiger partial charge < -0.3 is 9.64 Å². The number of halogens is 3. The minimum Gasteiger partial charge on any atom is -0.481 e. The molecule has 0 bridgehead atoms. The van der Waals surface area contributed by atoms with E-state index >= 15 is 0 Å².